The van der Waals surface area contributed by atoms with Gasteiger partial charge in [-0.1, -0.05) is 56.5 Å². The first-order valence-corrected chi connectivity index (χ1v) is 9.63. The molecule has 6 nitrogen and oxygen atoms in total. The summed E-state index contributed by atoms with van der Waals surface area (Å²) in [6.45, 7) is 5.52. The van der Waals surface area contributed by atoms with Gasteiger partial charge in [0.2, 0.25) is 5.91 Å². The van der Waals surface area contributed by atoms with Crippen LogP contribution in [0.5, 0.6) is 0 Å². The molecule has 1 aromatic rings. The number of primary amides is 1. The van der Waals surface area contributed by atoms with Crippen molar-refractivity contribution < 1.29 is 9.59 Å². The summed E-state index contributed by atoms with van der Waals surface area (Å²) in [6.07, 6.45) is 5.42. The molecule has 26 heavy (non-hydrogen) atoms. The first-order chi connectivity index (χ1) is 12.5. The van der Waals surface area contributed by atoms with Crippen molar-refractivity contribution in [2.45, 2.75) is 64.5 Å². The van der Waals surface area contributed by atoms with E-state index in [2.05, 4.69) is 35.0 Å². The standard InChI is InChI=1S/C20H34N4O2/c1-3-4-5-9-13-23-20(26)24-18(15-19(21)25)16(2)22-14-12-17-10-7-6-8-11-17/h6-8,10-11,16,18,22H,3-5,9,12-15H2,1-2H3,(H2,21,25)(H2,23,24,26)/t16?,18-/m1/s1. The number of carbonyl (C=O) groups excluding carboxylic acids is 2. The second kappa shape index (κ2) is 13.2. The van der Waals surface area contributed by atoms with Crippen LogP contribution in [0.15, 0.2) is 30.3 Å². The van der Waals surface area contributed by atoms with Crippen molar-refractivity contribution >= 4 is 11.9 Å². The molecular formula is C20H34N4O2. The van der Waals surface area contributed by atoms with Crippen LogP contribution in [0, 0.1) is 0 Å². The number of rotatable bonds is 13. The van der Waals surface area contributed by atoms with Crippen molar-refractivity contribution in [2.75, 3.05) is 13.1 Å². The second-order valence-electron chi connectivity index (χ2n) is 6.72. The Bertz CT molecular complexity index is 522. The molecule has 0 aliphatic carbocycles. The Labute approximate surface area is 157 Å². The topological polar surface area (TPSA) is 96.2 Å². The van der Waals surface area contributed by atoms with Crippen LogP contribution >= 0.6 is 0 Å². The molecule has 0 bridgehead atoms. The molecule has 0 saturated carbocycles. The third kappa shape index (κ3) is 10.0. The minimum atomic E-state index is -0.421. The van der Waals surface area contributed by atoms with Crippen LogP contribution in [0.4, 0.5) is 4.79 Å². The summed E-state index contributed by atoms with van der Waals surface area (Å²) in [5.41, 5.74) is 6.59. The van der Waals surface area contributed by atoms with Crippen molar-refractivity contribution in [1.82, 2.24) is 16.0 Å². The van der Waals surface area contributed by atoms with Gasteiger partial charge in [0.15, 0.2) is 0 Å². The van der Waals surface area contributed by atoms with Gasteiger partial charge in [0.25, 0.3) is 0 Å². The van der Waals surface area contributed by atoms with E-state index in [4.69, 9.17) is 5.73 Å². The predicted octanol–water partition coefficient (Wildman–Crippen LogP) is 2.33. The van der Waals surface area contributed by atoms with Gasteiger partial charge in [-0.05, 0) is 31.9 Å². The van der Waals surface area contributed by atoms with Crippen LogP contribution < -0.4 is 21.7 Å². The number of hydrogen-bond donors (Lipinski definition) is 4. The second-order valence-corrected chi connectivity index (χ2v) is 6.72. The van der Waals surface area contributed by atoms with Crippen molar-refractivity contribution in [3.63, 3.8) is 0 Å². The molecule has 5 N–H and O–H groups in total. The lowest BCUT2D eigenvalue weighted by molar-refractivity contribution is -0.118. The molecule has 0 heterocycles. The Morgan fingerprint density at radius 3 is 2.46 bits per heavy atom. The normalized spacial score (nSPS) is 13.0. The minimum Gasteiger partial charge on any atom is -0.370 e. The molecule has 0 aliphatic rings. The zero-order valence-electron chi connectivity index (χ0n) is 16.1. The number of nitrogens with two attached hydrogens (primary N) is 1. The highest BCUT2D eigenvalue weighted by molar-refractivity contribution is 5.77. The number of unbranched alkanes of at least 4 members (excludes halogenated alkanes) is 3. The number of urea groups is 1. The molecule has 6 heteroatoms. The highest BCUT2D eigenvalue weighted by Gasteiger charge is 2.21. The zero-order chi connectivity index (χ0) is 19.2. The van der Waals surface area contributed by atoms with Crippen LogP contribution in [0.2, 0.25) is 0 Å². The maximum absolute atomic E-state index is 12.1. The fourth-order valence-electron chi connectivity index (χ4n) is 2.77. The van der Waals surface area contributed by atoms with E-state index >= 15 is 0 Å². The molecule has 1 rings (SSSR count). The summed E-state index contributed by atoms with van der Waals surface area (Å²) in [5, 5.41) is 9.10. The van der Waals surface area contributed by atoms with Gasteiger partial charge >= 0.3 is 6.03 Å². The van der Waals surface area contributed by atoms with Crippen LogP contribution in [0.1, 0.15) is 51.5 Å². The van der Waals surface area contributed by atoms with Gasteiger partial charge in [-0.25, -0.2) is 4.79 Å². The maximum atomic E-state index is 12.1. The van der Waals surface area contributed by atoms with Crippen molar-refractivity contribution in [3.8, 4) is 0 Å². The zero-order valence-corrected chi connectivity index (χ0v) is 16.1. The lowest BCUT2D eigenvalue weighted by Crippen LogP contribution is -2.53. The Morgan fingerprint density at radius 1 is 1.08 bits per heavy atom. The molecule has 0 aliphatic heterocycles. The van der Waals surface area contributed by atoms with E-state index in [9.17, 15) is 9.59 Å². The van der Waals surface area contributed by atoms with Gasteiger partial charge in [-0.15, -0.1) is 0 Å². The highest BCUT2D eigenvalue weighted by atomic mass is 16.2. The van der Waals surface area contributed by atoms with E-state index in [0.29, 0.717) is 6.54 Å². The summed E-state index contributed by atoms with van der Waals surface area (Å²) in [5.74, 6) is -0.421. The van der Waals surface area contributed by atoms with Gasteiger partial charge in [-0.2, -0.15) is 0 Å². The van der Waals surface area contributed by atoms with Crippen LogP contribution in [-0.4, -0.2) is 37.1 Å². The lowest BCUT2D eigenvalue weighted by Gasteiger charge is -2.25. The summed E-state index contributed by atoms with van der Waals surface area (Å²) in [6, 6.07) is 9.55. The third-order valence-electron chi connectivity index (χ3n) is 4.38. The van der Waals surface area contributed by atoms with E-state index in [1.165, 1.54) is 18.4 Å². The quantitative estimate of drug-likeness (QED) is 0.406. The van der Waals surface area contributed by atoms with Crippen molar-refractivity contribution in [1.29, 1.82) is 0 Å². The summed E-state index contributed by atoms with van der Waals surface area (Å²) < 4.78 is 0. The van der Waals surface area contributed by atoms with Crippen molar-refractivity contribution in [2.24, 2.45) is 5.73 Å². The number of nitrogens with one attached hydrogen (secondary N) is 3. The summed E-state index contributed by atoms with van der Waals surface area (Å²) >= 11 is 0. The Kier molecular flexibility index (Phi) is 11.1. The smallest absolute Gasteiger partial charge is 0.315 e. The Hall–Kier alpha value is -2.08. The fourth-order valence-corrected chi connectivity index (χ4v) is 2.77. The van der Waals surface area contributed by atoms with E-state index in [1.54, 1.807) is 0 Å². The van der Waals surface area contributed by atoms with Crippen LogP contribution in [-0.2, 0) is 11.2 Å². The first-order valence-electron chi connectivity index (χ1n) is 9.63. The summed E-state index contributed by atoms with van der Waals surface area (Å²) in [4.78, 5) is 23.4. The van der Waals surface area contributed by atoms with E-state index in [0.717, 1.165) is 25.8 Å². The molecule has 0 radical (unpaired) electrons. The molecule has 2 atom stereocenters. The summed E-state index contributed by atoms with van der Waals surface area (Å²) in [7, 11) is 0. The van der Waals surface area contributed by atoms with E-state index < -0.39 is 5.91 Å². The SMILES string of the molecule is CCCCCCNC(=O)N[C@H](CC(N)=O)C(C)NCCc1ccccc1. The molecular weight excluding hydrogens is 328 g/mol. The van der Waals surface area contributed by atoms with E-state index in [1.807, 2.05) is 25.1 Å². The highest BCUT2D eigenvalue weighted by Crippen LogP contribution is 2.02. The number of carbonyl (C=O) groups is 2. The average molecular weight is 363 g/mol. The molecule has 0 fully saturated rings. The molecule has 0 aromatic heterocycles. The molecule has 146 valence electrons. The van der Waals surface area contributed by atoms with Crippen LogP contribution in [0.3, 0.4) is 0 Å². The Morgan fingerprint density at radius 2 is 1.81 bits per heavy atom. The average Bonchev–Trinajstić information content (AvgIpc) is 2.61. The van der Waals surface area contributed by atoms with Crippen molar-refractivity contribution in [3.05, 3.63) is 35.9 Å². The van der Waals surface area contributed by atoms with Gasteiger partial charge < -0.3 is 21.7 Å². The van der Waals surface area contributed by atoms with Gasteiger partial charge in [0.1, 0.15) is 0 Å². The number of amides is 3. The first kappa shape index (κ1) is 22.0. The molecule has 1 aromatic carbocycles. The maximum Gasteiger partial charge on any atom is 0.315 e. The van der Waals surface area contributed by atoms with E-state index in [-0.39, 0.29) is 24.5 Å². The number of benzene rings is 1. The largest absolute Gasteiger partial charge is 0.370 e. The Balaban J connectivity index is 2.38. The molecule has 0 spiro atoms. The van der Waals surface area contributed by atoms with Gasteiger partial charge in [0.05, 0.1) is 6.04 Å². The van der Waals surface area contributed by atoms with Gasteiger partial charge in [-0.3, -0.25) is 4.79 Å². The lowest BCUT2D eigenvalue weighted by atomic mass is 10.1. The number of hydrogen-bond acceptors (Lipinski definition) is 3. The third-order valence-corrected chi connectivity index (χ3v) is 4.38. The molecule has 0 saturated heterocycles. The fraction of sp³-hybridized carbons (Fsp3) is 0.600. The van der Waals surface area contributed by atoms with Crippen LogP contribution in [0.25, 0.3) is 0 Å². The monoisotopic (exact) mass is 362 g/mol. The molecule has 1 unspecified atom stereocenters. The predicted molar refractivity (Wildman–Crippen MR) is 106 cm³/mol. The molecule has 3 amide bonds. The van der Waals surface area contributed by atoms with Gasteiger partial charge in [0, 0.05) is 19.0 Å². The minimum absolute atomic E-state index is 0.0583.